The molecule has 6 heteroatoms. The number of carbonyl (C=O) groups excluding carboxylic acids is 1. The van der Waals surface area contributed by atoms with Gasteiger partial charge in [-0.15, -0.1) is 0 Å². The third-order valence-corrected chi connectivity index (χ3v) is 4.52. The van der Waals surface area contributed by atoms with Gasteiger partial charge in [0, 0.05) is 25.1 Å². The second-order valence-electron chi connectivity index (χ2n) is 5.35. The number of nitrogens with zero attached hydrogens (tertiary/aromatic N) is 3. The Labute approximate surface area is 116 Å². The molecule has 0 N–H and O–H groups in total. The number of piperidine rings is 1. The Kier molecular flexibility index (Phi) is 3.09. The predicted octanol–water partition coefficient (Wildman–Crippen LogP) is 1.86. The van der Waals surface area contributed by atoms with Crippen LogP contribution in [-0.4, -0.2) is 35.4 Å². The van der Waals surface area contributed by atoms with Crippen molar-refractivity contribution in [1.82, 2.24) is 9.97 Å². The Bertz CT molecular complexity index is 504. The summed E-state index contributed by atoms with van der Waals surface area (Å²) in [7, 11) is 1.59. The maximum Gasteiger partial charge on any atom is 0.225 e. The van der Waals surface area contributed by atoms with E-state index in [1.807, 2.05) is 6.07 Å². The van der Waals surface area contributed by atoms with Gasteiger partial charge in [-0.2, -0.15) is 0 Å². The van der Waals surface area contributed by atoms with Crippen LogP contribution in [0.3, 0.4) is 0 Å². The summed E-state index contributed by atoms with van der Waals surface area (Å²) in [6.45, 7) is 1.64. The van der Waals surface area contributed by atoms with Crippen LogP contribution in [0.5, 0.6) is 5.88 Å². The van der Waals surface area contributed by atoms with E-state index in [0.717, 1.165) is 38.2 Å². The highest BCUT2D eigenvalue weighted by Gasteiger charge is 2.54. The third-order valence-electron chi connectivity index (χ3n) is 4.26. The number of rotatable bonds is 3. The molecule has 0 amide bonds. The fourth-order valence-electron chi connectivity index (χ4n) is 2.99. The molecular weight excluding hydrogens is 266 g/mol. The SMILES string of the molecule is COc1cc(N2CCC(C(=O)Cl)C3(CC3)C2)ncn1. The topological polar surface area (TPSA) is 55.3 Å². The summed E-state index contributed by atoms with van der Waals surface area (Å²) in [4.78, 5) is 22.0. The molecule has 1 aliphatic carbocycles. The van der Waals surface area contributed by atoms with Gasteiger partial charge in [0.1, 0.15) is 12.1 Å². The normalized spacial score (nSPS) is 24.3. The Hall–Kier alpha value is -1.36. The average molecular weight is 282 g/mol. The first kappa shape index (κ1) is 12.7. The average Bonchev–Trinajstić information content (AvgIpc) is 3.18. The van der Waals surface area contributed by atoms with Crippen molar-refractivity contribution < 1.29 is 9.53 Å². The molecule has 1 aliphatic heterocycles. The van der Waals surface area contributed by atoms with Crippen LogP contribution in [0.25, 0.3) is 0 Å². The minimum atomic E-state index is -0.183. The predicted molar refractivity (Wildman–Crippen MR) is 71.4 cm³/mol. The number of anilines is 1. The summed E-state index contributed by atoms with van der Waals surface area (Å²) < 4.78 is 5.12. The van der Waals surface area contributed by atoms with Crippen molar-refractivity contribution in [2.24, 2.45) is 11.3 Å². The lowest BCUT2D eigenvalue weighted by Crippen LogP contribution is -2.44. The minimum absolute atomic E-state index is 0.00847. The molecule has 1 unspecified atom stereocenters. The van der Waals surface area contributed by atoms with Gasteiger partial charge in [-0.3, -0.25) is 4.79 Å². The van der Waals surface area contributed by atoms with Crippen LogP contribution < -0.4 is 9.64 Å². The Morgan fingerprint density at radius 1 is 1.53 bits per heavy atom. The van der Waals surface area contributed by atoms with Crippen molar-refractivity contribution in [2.75, 3.05) is 25.1 Å². The number of aromatic nitrogens is 2. The number of halogens is 1. The maximum atomic E-state index is 11.5. The lowest BCUT2D eigenvalue weighted by molar-refractivity contribution is -0.117. The van der Waals surface area contributed by atoms with E-state index >= 15 is 0 Å². The van der Waals surface area contributed by atoms with Crippen LogP contribution >= 0.6 is 11.6 Å². The quantitative estimate of drug-likeness (QED) is 0.792. The second-order valence-corrected chi connectivity index (χ2v) is 5.72. The van der Waals surface area contributed by atoms with Crippen molar-refractivity contribution in [3.8, 4) is 5.88 Å². The summed E-state index contributed by atoms with van der Waals surface area (Å²) in [6.07, 6.45) is 4.46. The van der Waals surface area contributed by atoms with Gasteiger partial charge < -0.3 is 9.64 Å². The summed E-state index contributed by atoms with van der Waals surface area (Å²) >= 11 is 5.72. The van der Waals surface area contributed by atoms with E-state index in [1.54, 1.807) is 7.11 Å². The molecule has 2 aliphatic rings. The molecule has 3 rings (SSSR count). The lowest BCUT2D eigenvalue weighted by Gasteiger charge is -2.38. The molecule has 1 aromatic rings. The van der Waals surface area contributed by atoms with Crippen LogP contribution in [0.2, 0.25) is 0 Å². The van der Waals surface area contributed by atoms with Crippen LogP contribution in [0.1, 0.15) is 19.3 Å². The van der Waals surface area contributed by atoms with Gasteiger partial charge in [-0.05, 0) is 36.3 Å². The van der Waals surface area contributed by atoms with Crippen LogP contribution in [-0.2, 0) is 4.79 Å². The first-order valence-electron chi connectivity index (χ1n) is 6.45. The van der Waals surface area contributed by atoms with Gasteiger partial charge in [-0.25, -0.2) is 9.97 Å². The monoisotopic (exact) mass is 281 g/mol. The van der Waals surface area contributed by atoms with Crippen molar-refractivity contribution in [2.45, 2.75) is 19.3 Å². The largest absolute Gasteiger partial charge is 0.481 e. The molecule has 19 heavy (non-hydrogen) atoms. The van der Waals surface area contributed by atoms with Gasteiger partial charge in [0.25, 0.3) is 0 Å². The summed E-state index contributed by atoms with van der Waals surface area (Å²) in [6, 6.07) is 1.83. The number of methoxy groups -OCH3 is 1. The molecular formula is C13H16ClN3O2. The van der Waals surface area contributed by atoms with Gasteiger partial charge >= 0.3 is 0 Å². The zero-order chi connectivity index (χ0) is 13.5. The molecule has 0 bridgehead atoms. The fourth-order valence-corrected chi connectivity index (χ4v) is 3.33. The van der Waals surface area contributed by atoms with Crippen LogP contribution in [0.4, 0.5) is 5.82 Å². The number of hydrogen-bond acceptors (Lipinski definition) is 5. The van der Waals surface area contributed by atoms with E-state index in [4.69, 9.17) is 16.3 Å². The smallest absolute Gasteiger partial charge is 0.225 e. The summed E-state index contributed by atoms with van der Waals surface area (Å²) in [5.41, 5.74) is 0.0786. The molecule has 1 saturated carbocycles. The first-order valence-corrected chi connectivity index (χ1v) is 6.83. The molecule has 1 aromatic heterocycles. The number of carbonyl (C=O) groups is 1. The molecule has 0 radical (unpaired) electrons. The fraction of sp³-hybridized carbons (Fsp3) is 0.615. The Morgan fingerprint density at radius 3 is 2.95 bits per heavy atom. The lowest BCUT2D eigenvalue weighted by atomic mass is 9.83. The van der Waals surface area contributed by atoms with Gasteiger partial charge in [0.2, 0.25) is 11.1 Å². The molecule has 1 atom stereocenters. The zero-order valence-electron chi connectivity index (χ0n) is 10.8. The zero-order valence-corrected chi connectivity index (χ0v) is 11.6. The summed E-state index contributed by atoms with van der Waals surface area (Å²) in [5.74, 6) is 1.43. The van der Waals surface area contributed by atoms with Crippen molar-refractivity contribution >= 4 is 22.7 Å². The second kappa shape index (κ2) is 4.63. The maximum absolute atomic E-state index is 11.5. The third kappa shape index (κ3) is 2.27. The highest BCUT2D eigenvalue weighted by atomic mass is 35.5. The summed E-state index contributed by atoms with van der Waals surface area (Å²) in [5, 5.41) is -0.183. The van der Waals surface area contributed by atoms with E-state index < -0.39 is 0 Å². The molecule has 2 heterocycles. The van der Waals surface area contributed by atoms with Gasteiger partial charge in [-0.1, -0.05) is 0 Å². The first-order chi connectivity index (χ1) is 9.14. The highest BCUT2D eigenvalue weighted by Crippen LogP contribution is 2.56. The molecule has 5 nitrogen and oxygen atoms in total. The Balaban J connectivity index is 1.79. The standard InChI is InChI=1S/C13H16ClN3O2/c1-19-11-6-10(15-8-16-11)17-5-2-9(12(14)18)13(7-17)3-4-13/h6,8-9H,2-5,7H2,1H3. The number of hydrogen-bond donors (Lipinski definition) is 0. The minimum Gasteiger partial charge on any atom is -0.481 e. The molecule has 102 valence electrons. The van der Waals surface area contributed by atoms with Crippen molar-refractivity contribution in [3.05, 3.63) is 12.4 Å². The van der Waals surface area contributed by atoms with Crippen molar-refractivity contribution in [3.63, 3.8) is 0 Å². The Morgan fingerprint density at radius 2 is 2.32 bits per heavy atom. The van der Waals surface area contributed by atoms with Crippen molar-refractivity contribution in [1.29, 1.82) is 0 Å². The number of ether oxygens (including phenoxy) is 1. The van der Waals surface area contributed by atoms with E-state index in [2.05, 4.69) is 14.9 Å². The molecule has 0 aromatic carbocycles. The van der Waals surface area contributed by atoms with E-state index in [0.29, 0.717) is 5.88 Å². The van der Waals surface area contributed by atoms with Crippen LogP contribution in [0.15, 0.2) is 12.4 Å². The highest BCUT2D eigenvalue weighted by molar-refractivity contribution is 6.64. The molecule has 2 fully saturated rings. The molecule has 1 spiro atoms. The van der Waals surface area contributed by atoms with E-state index in [1.165, 1.54) is 6.33 Å². The molecule has 1 saturated heterocycles. The van der Waals surface area contributed by atoms with Gasteiger partial charge in [0.05, 0.1) is 7.11 Å². The van der Waals surface area contributed by atoms with Gasteiger partial charge in [0.15, 0.2) is 0 Å². The van der Waals surface area contributed by atoms with Crippen LogP contribution in [0, 0.1) is 11.3 Å². The van der Waals surface area contributed by atoms with E-state index in [-0.39, 0.29) is 16.6 Å². The van der Waals surface area contributed by atoms with E-state index in [9.17, 15) is 4.79 Å².